The zero-order valence-corrected chi connectivity index (χ0v) is 10.7. The van der Waals surface area contributed by atoms with E-state index in [9.17, 15) is 19.3 Å². The third kappa shape index (κ3) is 2.32. The van der Waals surface area contributed by atoms with Gasteiger partial charge in [0.25, 0.3) is 0 Å². The summed E-state index contributed by atoms with van der Waals surface area (Å²) in [5, 5.41) is 19.3. The van der Waals surface area contributed by atoms with E-state index in [1.807, 2.05) is 0 Å². The molecule has 2 aromatic rings. The first-order valence-corrected chi connectivity index (χ1v) is 5.61. The molecule has 0 saturated carbocycles. The third-order valence-corrected chi connectivity index (χ3v) is 3.10. The van der Waals surface area contributed by atoms with Crippen molar-refractivity contribution in [3.05, 3.63) is 50.6 Å². The number of carbonyl (C=O) groups is 1. The molecule has 0 aliphatic heterocycles. The molecule has 0 fully saturated rings. The van der Waals surface area contributed by atoms with Crippen LogP contribution in [0.4, 0.5) is 10.2 Å². The predicted octanol–water partition coefficient (Wildman–Crippen LogP) is 2.38. The van der Waals surface area contributed by atoms with Crippen LogP contribution in [0, 0.1) is 15.9 Å². The van der Waals surface area contributed by atoms with E-state index in [1.54, 1.807) is 0 Å². The molecule has 0 aliphatic carbocycles. The molecule has 9 heteroatoms. The SMILES string of the molecule is O=C(O)c1ccc(-n2cnc([N+](=O)[O-])c2)c(F)c1Br. The monoisotopic (exact) mass is 329 g/mol. The van der Waals surface area contributed by atoms with Crippen molar-refractivity contribution in [2.75, 3.05) is 0 Å². The van der Waals surface area contributed by atoms with E-state index in [0.29, 0.717) is 0 Å². The van der Waals surface area contributed by atoms with E-state index in [0.717, 1.165) is 17.1 Å². The lowest BCUT2D eigenvalue weighted by Crippen LogP contribution is -2.03. The lowest BCUT2D eigenvalue weighted by molar-refractivity contribution is -0.389. The second-order valence-electron chi connectivity index (χ2n) is 3.46. The second kappa shape index (κ2) is 4.76. The Bertz CT molecular complexity index is 685. The van der Waals surface area contributed by atoms with Gasteiger partial charge in [-0.1, -0.05) is 0 Å². The average Bonchev–Trinajstić information content (AvgIpc) is 2.81. The highest BCUT2D eigenvalue weighted by Crippen LogP contribution is 2.26. The lowest BCUT2D eigenvalue weighted by atomic mass is 10.2. The Hall–Kier alpha value is -2.29. The molecule has 1 aromatic carbocycles. The molecule has 0 spiro atoms. The largest absolute Gasteiger partial charge is 0.478 e. The van der Waals surface area contributed by atoms with Crippen LogP contribution in [-0.4, -0.2) is 25.6 Å². The Balaban J connectivity index is 2.54. The van der Waals surface area contributed by atoms with Crippen molar-refractivity contribution < 1.29 is 19.2 Å². The molecule has 0 radical (unpaired) electrons. The first kappa shape index (κ1) is 13.1. The number of rotatable bonds is 3. The molecule has 0 unspecified atom stereocenters. The number of aromatic carboxylic acids is 1. The minimum absolute atomic E-state index is 0.0440. The van der Waals surface area contributed by atoms with Gasteiger partial charge in [-0.05, 0) is 38.0 Å². The maximum Gasteiger partial charge on any atom is 0.381 e. The molecule has 0 bridgehead atoms. The van der Waals surface area contributed by atoms with E-state index >= 15 is 0 Å². The van der Waals surface area contributed by atoms with Gasteiger partial charge in [-0.15, -0.1) is 0 Å². The maximum atomic E-state index is 14.0. The summed E-state index contributed by atoms with van der Waals surface area (Å²) in [5.41, 5.74) is -0.284. The van der Waals surface area contributed by atoms with E-state index in [-0.39, 0.29) is 15.7 Å². The van der Waals surface area contributed by atoms with Gasteiger partial charge in [0, 0.05) is 0 Å². The molecule has 0 atom stereocenters. The van der Waals surface area contributed by atoms with Gasteiger partial charge in [0.15, 0.2) is 5.82 Å². The van der Waals surface area contributed by atoms with Gasteiger partial charge >= 0.3 is 11.8 Å². The van der Waals surface area contributed by atoms with Crippen LogP contribution in [-0.2, 0) is 0 Å². The Morgan fingerprint density at radius 1 is 1.53 bits per heavy atom. The van der Waals surface area contributed by atoms with Gasteiger partial charge in [0.2, 0.25) is 6.33 Å². The van der Waals surface area contributed by atoms with Gasteiger partial charge in [0.05, 0.1) is 15.7 Å². The molecule has 2 rings (SSSR count). The molecule has 0 aliphatic rings. The van der Waals surface area contributed by atoms with E-state index in [2.05, 4.69) is 20.9 Å². The Morgan fingerprint density at radius 2 is 2.21 bits per heavy atom. The number of nitrogens with zero attached hydrogens (tertiary/aromatic N) is 3. The van der Waals surface area contributed by atoms with Crippen LogP contribution in [0.2, 0.25) is 0 Å². The normalized spacial score (nSPS) is 10.4. The smallest absolute Gasteiger partial charge is 0.381 e. The predicted molar refractivity (Wildman–Crippen MR) is 64.8 cm³/mol. The van der Waals surface area contributed by atoms with Crippen LogP contribution >= 0.6 is 15.9 Å². The van der Waals surface area contributed by atoms with Crippen molar-refractivity contribution in [2.24, 2.45) is 0 Å². The number of halogens is 2. The Labute approximate surface area is 113 Å². The first-order chi connectivity index (χ1) is 8.91. The number of hydrogen-bond donors (Lipinski definition) is 1. The van der Waals surface area contributed by atoms with Gasteiger partial charge in [-0.25, -0.2) is 9.18 Å². The summed E-state index contributed by atoms with van der Waals surface area (Å²) in [5.74, 6) is -2.56. The number of nitro groups is 1. The average molecular weight is 330 g/mol. The van der Waals surface area contributed by atoms with Crippen LogP contribution in [0.3, 0.4) is 0 Å². The molecule has 0 saturated heterocycles. The standard InChI is InChI=1S/C10H5BrFN3O4/c11-8-5(10(16)17)1-2-6(9(8)12)14-3-7(13-4-14)15(18)19/h1-4H,(H,16,17). The number of carboxylic acid groups (broad SMARTS) is 1. The molecular formula is C10H5BrFN3O4. The van der Waals surface area contributed by atoms with Crippen molar-refractivity contribution in [1.82, 2.24) is 9.55 Å². The molecule has 1 N–H and O–H groups in total. The van der Waals surface area contributed by atoms with Gasteiger partial charge in [-0.3, -0.25) is 4.57 Å². The molecular weight excluding hydrogens is 325 g/mol. The summed E-state index contributed by atoms with van der Waals surface area (Å²) < 4.78 is 14.9. The second-order valence-corrected chi connectivity index (χ2v) is 4.25. The lowest BCUT2D eigenvalue weighted by Gasteiger charge is -2.06. The van der Waals surface area contributed by atoms with Crippen molar-refractivity contribution >= 4 is 27.7 Å². The summed E-state index contributed by atoms with van der Waals surface area (Å²) in [7, 11) is 0. The van der Waals surface area contributed by atoms with Crippen molar-refractivity contribution in [3.63, 3.8) is 0 Å². The third-order valence-electron chi connectivity index (χ3n) is 2.33. The molecule has 1 heterocycles. The zero-order valence-electron chi connectivity index (χ0n) is 9.08. The summed E-state index contributed by atoms with van der Waals surface area (Å²) in [6.07, 6.45) is 2.11. The summed E-state index contributed by atoms with van der Waals surface area (Å²) in [6, 6.07) is 2.39. The summed E-state index contributed by atoms with van der Waals surface area (Å²) >= 11 is 2.84. The highest BCUT2D eigenvalue weighted by atomic mass is 79.9. The first-order valence-electron chi connectivity index (χ1n) is 4.82. The van der Waals surface area contributed by atoms with Crippen molar-refractivity contribution in [3.8, 4) is 5.69 Å². The molecule has 1 aromatic heterocycles. The molecule has 0 amide bonds. The van der Waals surface area contributed by atoms with Gasteiger partial charge in [-0.2, -0.15) is 0 Å². The minimum atomic E-state index is -1.28. The number of carboxylic acids is 1. The van der Waals surface area contributed by atoms with Gasteiger partial charge in [0.1, 0.15) is 6.20 Å². The number of imidazole rings is 1. The fourth-order valence-corrected chi connectivity index (χ4v) is 1.95. The Morgan fingerprint density at radius 3 is 2.74 bits per heavy atom. The van der Waals surface area contributed by atoms with Crippen LogP contribution in [0.15, 0.2) is 29.1 Å². The zero-order chi connectivity index (χ0) is 14.2. The number of benzene rings is 1. The summed E-state index contributed by atoms with van der Waals surface area (Å²) in [4.78, 5) is 24.1. The Kier molecular flexibility index (Phi) is 3.30. The fourth-order valence-electron chi connectivity index (χ4n) is 1.44. The molecule has 7 nitrogen and oxygen atoms in total. The quantitative estimate of drug-likeness (QED) is 0.688. The van der Waals surface area contributed by atoms with Crippen LogP contribution in [0.5, 0.6) is 0 Å². The molecule has 98 valence electrons. The highest BCUT2D eigenvalue weighted by Gasteiger charge is 2.19. The van der Waals surface area contributed by atoms with Crippen LogP contribution < -0.4 is 0 Å². The highest BCUT2D eigenvalue weighted by molar-refractivity contribution is 9.10. The van der Waals surface area contributed by atoms with Crippen molar-refractivity contribution in [2.45, 2.75) is 0 Å². The fraction of sp³-hybridized carbons (Fsp3) is 0. The van der Waals surface area contributed by atoms with Crippen LogP contribution in [0.1, 0.15) is 10.4 Å². The number of hydrogen-bond acceptors (Lipinski definition) is 4. The van der Waals surface area contributed by atoms with E-state index in [1.165, 1.54) is 12.1 Å². The molecule has 19 heavy (non-hydrogen) atoms. The van der Waals surface area contributed by atoms with E-state index in [4.69, 9.17) is 5.11 Å². The minimum Gasteiger partial charge on any atom is -0.478 e. The topological polar surface area (TPSA) is 98.3 Å². The summed E-state index contributed by atoms with van der Waals surface area (Å²) in [6.45, 7) is 0. The van der Waals surface area contributed by atoms with Gasteiger partial charge < -0.3 is 15.2 Å². The van der Waals surface area contributed by atoms with Crippen molar-refractivity contribution in [1.29, 1.82) is 0 Å². The number of aromatic nitrogens is 2. The van der Waals surface area contributed by atoms with Crippen LogP contribution in [0.25, 0.3) is 5.69 Å². The maximum absolute atomic E-state index is 14.0. The van der Waals surface area contributed by atoms with E-state index < -0.39 is 22.5 Å².